The van der Waals surface area contributed by atoms with E-state index >= 15 is 0 Å². The first-order chi connectivity index (χ1) is 16.6. The molecule has 1 aliphatic carbocycles. The van der Waals surface area contributed by atoms with Gasteiger partial charge in [0.1, 0.15) is 5.69 Å². The van der Waals surface area contributed by atoms with E-state index in [1.54, 1.807) is 17.9 Å². The van der Waals surface area contributed by atoms with Crippen molar-refractivity contribution in [3.63, 3.8) is 0 Å². The molecule has 0 aliphatic heterocycles. The van der Waals surface area contributed by atoms with Gasteiger partial charge >= 0.3 is 0 Å². The number of rotatable bonds is 13. The van der Waals surface area contributed by atoms with Crippen LogP contribution < -0.4 is 9.47 Å². The standard InChI is InChI=1S/C27H33N3O4/c1-4-16-33-19-22(31)17-30(21-14-15-21)18-23-26(20-10-6-5-7-11-20)28-29(2)27(23)34-25-13-9-8-12-24(25)32-3/h4-13,21-22,31H,1,14-19H2,2-3H3/t22-/m0/s1. The maximum Gasteiger partial charge on any atom is 0.222 e. The zero-order chi connectivity index (χ0) is 23.9. The van der Waals surface area contributed by atoms with Gasteiger partial charge in [-0.15, -0.1) is 6.58 Å². The second-order valence-corrected chi connectivity index (χ2v) is 8.52. The fourth-order valence-electron chi connectivity index (χ4n) is 4.05. The first-order valence-electron chi connectivity index (χ1n) is 11.6. The van der Waals surface area contributed by atoms with Crippen LogP contribution >= 0.6 is 0 Å². The highest BCUT2D eigenvalue weighted by Crippen LogP contribution is 2.39. The highest BCUT2D eigenvalue weighted by molar-refractivity contribution is 5.66. The Morgan fingerprint density at radius 1 is 1.15 bits per heavy atom. The third kappa shape index (κ3) is 5.86. The number of hydrogen-bond donors (Lipinski definition) is 1. The minimum absolute atomic E-state index is 0.276. The highest BCUT2D eigenvalue weighted by atomic mass is 16.5. The predicted molar refractivity (Wildman–Crippen MR) is 132 cm³/mol. The van der Waals surface area contributed by atoms with Gasteiger partial charge in [-0.2, -0.15) is 5.10 Å². The molecule has 0 spiro atoms. The molecule has 7 nitrogen and oxygen atoms in total. The third-order valence-corrected chi connectivity index (χ3v) is 5.83. The van der Waals surface area contributed by atoms with E-state index in [1.807, 2.05) is 49.5 Å². The second-order valence-electron chi connectivity index (χ2n) is 8.52. The summed E-state index contributed by atoms with van der Waals surface area (Å²) in [7, 11) is 3.52. The number of hydrogen-bond acceptors (Lipinski definition) is 6. The van der Waals surface area contributed by atoms with Crippen molar-refractivity contribution in [2.24, 2.45) is 7.05 Å². The molecular weight excluding hydrogens is 430 g/mol. The van der Waals surface area contributed by atoms with E-state index in [-0.39, 0.29) is 6.61 Å². The lowest BCUT2D eigenvalue weighted by atomic mass is 10.1. The number of methoxy groups -OCH3 is 1. The van der Waals surface area contributed by atoms with E-state index in [1.165, 1.54) is 0 Å². The van der Waals surface area contributed by atoms with Crippen molar-refractivity contribution >= 4 is 0 Å². The smallest absolute Gasteiger partial charge is 0.222 e. The van der Waals surface area contributed by atoms with Crippen LogP contribution in [0, 0.1) is 0 Å². The molecule has 1 heterocycles. The van der Waals surface area contributed by atoms with Gasteiger partial charge in [-0.3, -0.25) is 4.90 Å². The van der Waals surface area contributed by atoms with Crippen molar-refractivity contribution in [3.8, 4) is 28.6 Å². The van der Waals surface area contributed by atoms with Crippen LogP contribution in [-0.4, -0.2) is 58.8 Å². The molecule has 4 rings (SSSR count). The quantitative estimate of drug-likeness (QED) is 0.299. The molecule has 1 aromatic heterocycles. The van der Waals surface area contributed by atoms with Gasteiger partial charge in [-0.05, 0) is 25.0 Å². The number of benzene rings is 2. The Hall–Kier alpha value is -3.13. The zero-order valence-corrected chi connectivity index (χ0v) is 19.9. The number of nitrogens with zero attached hydrogens (tertiary/aromatic N) is 3. The number of aliphatic hydroxyl groups excluding tert-OH is 1. The van der Waals surface area contributed by atoms with Gasteiger partial charge in [-0.1, -0.05) is 48.5 Å². The molecule has 0 saturated heterocycles. The number of ether oxygens (including phenoxy) is 3. The Labute approximate surface area is 201 Å². The summed E-state index contributed by atoms with van der Waals surface area (Å²) in [6.07, 6.45) is 3.33. The van der Waals surface area contributed by atoms with Crippen molar-refractivity contribution in [2.45, 2.75) is 31.5 Å². The Balaban J connectivity index is 1.66. The molecule has 2 aromatic carbocycles. The van der Waals surface area contributed by atoms with Crippen LogP contribution in [0.4, 0.5) is 0 Å². The lowest BCUT2D eigenvalue weighted by Gasteiger charge is -2.25. The molecule has 0 amide bonds. The molecular formula is C27H33N3O4. The lowest BCUT2D eigenvalue weighted by molar-refractivity contribution is 0.0227. The van der Waals surface area contributed by atoms with E-state index in [2.05, 4.69) is 23.6 Å². The number of aromatic nitrogens is 2. The fourth-order valence-corrected chi connectivity index (χ4v) is 4.05. The molecule has 180 valence electrons. The molecule has 1 saturated carbocycles. The normalized spacial score (nSPS) is 14.2. The maximum absolute atomic E-state index is 10.6. The molecule has 1 aliphatic rings. The number of para-hydroxylation sites is 2. The lowest BCUT2D eigenvalue weighted by Crippen LogP contribution is -2.36. The van der Waals surface area contributed by atoms with E-state index in [9.17, 15) is 5.11 Å². The van der Waals surface area contributed by atoms with Crippen LogP contribution in [0.5, 0.6) is 17.4 Å². The largest absolute Gasteiger partial charge is 0.493 e. The average Bonchev–Trinajstić information content (AvgIpc) is 3.66. The molecule has 0 unspecified atom stereocenters. The fraction of sp³-hybridized carbons (Fsp3) is 0.370. The summed E-state index contributed by atoms with van der Waals surface area (Å²) < 4.78 is 19.1. The van der Waals surface area contributed by atoms with Crippen molar-refractivity contribution < 1.29 is 19.3 Å². The first-order valence-corrected chi connectivity index (χ1v) is 11.6. The van der Waals surface area contributed by atoms with Gasteiger partial charge in [0, 0.05) is 31.7 Å². The van der Waals surface area contributed by atoms with Gasteiger partial charge < -0.3 is 19.3 Å². The zero-order valence-electron chi connectivity index (χ0n) is 19.9. The van der Waals surface area contributed by atoms with Gasteiger partial charge in [0.05, 0.1) is 32.0 Å². The molecule has 1 N–H and O–H groups in total. The van der Waals surface area contributed by atoms with Crippen LogP contribution in [0.25, 0.3) is 11.3 Å². The van der Waals surface area contributed by atoms with Crippen LogP contribution in [0.2, 0.25) is 0 Å². The SMILES string of the molecule is C=CCOC[C@@H](O)CN(Cc1c(-c2ccccc2)nn(C)c1Oc1ccccc1OC)C1CC1. The van der Waals surface area contributed by atoms with Crippen molar-refractivity contribution in [2.75, 3.05) is 26.9 Å². The van der Waals surface area contributed by atoms with Crippen molar-refractivity contribution in [1.29, 1.82) is 0 Å². The highest BCUT2D eigenvalue weighted by Gasteiger charge is 2.33. The molecule has 34 heavy (non-hydrogen) atoms. The molecule has 0 radical (unpaired) electrons. The molecule has 0 bridgehead atoms. The Morgan fingerprint density at radius 3 is 2.53 bits per heavy atom. The summed E-state index contributed by atoms with van der Waals surface area (Å²) in [6.45, 7) is 5.48. The molecule has 1 fully saturated rings. The van der Waals surface area contributed by atoms with Crippen molar-refractivity contribution in [1.82, 2.24) is 14.7 Å². The first kappa shape index (κ1) is 24.0. The topological polar surface area (TPSA) is 69.0 Å². The molecule has 3 aromatic rings. The van der Waals surface area contributed by atoms with E-state index < -0.39 is 6.10 Å². The Morgan fingerprint density at radius 2 is 1.85 bits per heavy atom. The van der Waals surface area contributed by atoms with Crippen LogP contribution in [0.15, 0.2) is 67.3 Å². The van der Waals surface area contributed by atoms with Gasteiger partial charge in [-0.25, -0.2) is 4.68 Å². The average molecular weight is 464 g/mol. The van der Waals surface area contributed by atoms with Crippen LogP contribution in [0.3, 0.4) is 0 Å². The summed E-state index contributed by atoms with van der Waals surface area (Å²) >= 11 is 0. The third-order valence-electron chi connectivity index (χ3n) is 5.83. The van der Waals surface area contributed by atoms with E-state index in [0.717, 1.165) is 29.7 Å². The van der Waals surface area contributed by atoms with Gasteiger partial charge in [0.2, 0.25) is 5.88 Å². The minimum atomic E-state index is -0.587. The Bertz CT molecular complexity index is 1080. The number of aliphatic hydroxyl groups is 1. The van der Waals surface area contributed by atoms with E-state index in [4.69, 9.17) is 19.3 Å². The maximum atomic E-state index is 10.6. The van der Waals surface area contributed by atoms with Gasteiger partial charge in [0.15, 0.2) is 11.5 Å². The number of aryl methyl sites for hydroxylation is 1. The summed E-state index contributed by atoms with van der Waals surface area (Å²) in [5, 5.41) is 15.4. The Kier molecular flexibility index (Phi) is 8.00. The molecule has 7 heteroatoms. The van der Waals surface area contributed by atoms with Crippen molar-refractivity contribution in [3.05, 3.63) is 72.8 Å². The summed E-state index contributed by atoms with van der Waals surface area (Å²) in [5.74, 6) is 1.95. The van der Waals surface area contributed by atoms with Gasteiger partial charge in [0.25, 0.3) is 0 Å². The summed E-state index contributed by atoms with van der Waals surface area (Å²) in [4.78, 5) is 2.31. The summed E-state index contributed by atoms with van der Waals surface area (Å²) in [5.41, 5.74) is 2.87. The van der Waals surface area contributed by atoms with Crippen LogP contribution in [0.1, 0.15) is 18.4 Å². The van der Waals surface area contributed by atoms with E-state index in [0.29, 0.717) is 43.1 Å². The predicted octanol–water partition coefficient (Wildman–Crippen LogP) is 4.42. The minimum Gasteiger partial charge on any atom is -0.493 e. The van der Waals surface area contributed by atoms with Crippen LogP contribution in [-0.2, 0) is 18.3 Å². The second kappa shape index (κ2) is 11.3. The molecule has 1 atom stereocenters. The summed E-state index contributed by atoms with van der Waals surface area (Å²) in [6, 6.07) is 18.1. The monoisotopic (exact) mass is 463 g/mol.